The predicted octanol–water partition coefficient (Wildman–Crippen LogP) is 5.80. The normalized spacial score (nSPS) is 15.7. The van der Waals surface area contributed by atoms with Crippen LogP contribution in [0.1, 0.15) is 43.7 Å². The molecule has 0 radical (unpaired) electrons. The molecule has 2 aliphatic rings. The summed E-state index contributed by atoms with van der Waals surface area (Å²) in [5, 5.41) is 11.2. The van der Waals surface area contributed by atoms with Gasteiger partial charge in [-0.3, -0.25) is 4.72 Å². The van der Waals surface area contributed by atoms with Gasteiger partial charge in [0.15, 0.2) is 5.15 Å². The zero-order valence-electron chi connectivity index (χ0n) is 20.4. The molecule has 0 aliphatic heterocycles. The van der Waals surface area contributed by atoms with Crippen LogP contribution in [0.4, 0.5) is 5.69 Å². The van der Waals surface area contributed by atoms with Crippen molar-refractivity contribution in [3.05, 3.63) is 65.6 Å². The van der Waals surface area contributed by atoms with Crippen LogP contribution in [-0.2, 0) is 10.2 Å². The molecule has 0 bridgehead atoms. The van der Waals surface area contributed by atoms with E-state index >= 15 is 0 Å². The number of halogens is 1. The molecule has 2 aliphatic carbocycles. The quantitative estimate of drug-likeness (QED) is 0.273. The van der Waals surface area contributed by atoms with Crippen molar-refractivity contribution >= 4 is 38.4 Å². The number of nitriles is 1. The van der Waals surface area contributed by atoms with E-state index in [0.717, 1.165) is 54.3 Å². The minimum absolute atomic E-state index is 0.166. The molecule has 2 N–H and O–H groups in total. The molecular weight excluding hydrogens is 524 g/mol. The van der Waals surface area contributed by atoms with Crippen LogP contribution in [0, 0.1) is 17.2 Å². The largest absolute Gasteiger partial charge is 0.436 e. The number of anilines is 1. The second kappa shape index (κ2) is 9.91. The molecule has 0 spiro atoms. The Bertz CT molecular complexity index is 1650. The van der Waals surface area contributed by atoms with Gasteiger partial charge in [0.1, 0.15) is 11.8 Å². The van der Waals surface area contributed by atoms with Crippen LogP contribution in [0.3, 0.4) is 0 Å². The van der Waals surface area contributed by atoms with Gasteiger partial charge < -0.3 is 9.30 Å². The molecule has 0 unspecified atom stereocenters. The first kappa shape index (κ1) is 24.7. The van der Waals surface area contributed by atoms with Crippen LogP contribution in [0.15, 0.2) is 54.9 Å². The first-order valence-corrected chi connectivity index (χ1v) is 14.4. The van der Waals surface area contributed by atoms with E-state index in [4.69, 9.17) is 16.3 Å². The Morgan fingerprint density at radius 3 is 2.50 bits per heavy atom. The summed E-state index contributed by atoms with van der Waals surface area (Å²) in [6.07, 6.45) is 8.26. The SMILES string of the molecule is N#Cc1c(-c2ccc(NS(=O)(=O)NCC3CC3)cc2)n(C2CCC2)c2cc(Oc3nccnc3Cl)ccc12. The fourth-order valence-electron chi connectivity index (χ4n) is 4.70. The van der Waals surface area contributed by atoms with Crippen molar-refractivity contribution in [3.63, 3.8) is 0 Å². The molecule has 0 atom stereocenters. The highest BCUT2D eigenvalue weighted by atomic mass is 35.5. The molecule has 11 heteroatoms. The van der Waals surface area contributed by atoms with Gasteiger partial charge >= 0.3 is 0 Å². The van der Waals surface area contributed by atoms with Crippen LogP contribution in [-0.4, -0.2) is 29.5 Å². The highest BCUT2D eigenvalue weighted by molar-refractivity contribution is 7.90. The summed E-state index contributed by atoms with van der Waals surface area (Å²) in [5.41, 5.74) is 3.54. The van der Waals surface area contributed by atoms with Gasteiger partial charge in [-0.1, -0.05) is 23.7 Å². The van der Waals surface area contributed by atoms with Crippen molar-refractivity contribution in [2.75, 3.05) is 11.3 Å². The lowest BCUT2D eigenvalue weighted by atomic mass is 9.92. The van der Waals surface area contributed by atoms with Crippen LogP contribution in [0.5, 0.6) is 11.6 Å². The summed E-state index contributed by atoms with van der Waals surface area (Å²) in [5.74, 6) is 1.19. The lowest BCUT2D eigenvalue weighted by Gasteiger charge is -2.30. The van der Waals surface area contributed by atoms with E-state index in [1.165, 1.54) is 12.4 Å². The van der Waals surface area contributed by atoms with Gasteiger partial charge in [0.25, 0.3) is 16.1 Å². The monoisotopic (exact) mass is 548 g/mol. The standard InChI is InChI=1S/C27H25ClN6O3S/c28-26-27(31-13-12-30-26)37-21-10-11-22-23(15-29)25(34(24(22)14-21)20-2-1-3-20)18-6-8-19(9-7-18)33-38(35,36)32-16-17-4-5-17/h6-14,17,20,32-33H,1-5,16H2. The maximum absolute atomic E-state index is 12.4. The third kappa shape index (κ3) is 4.92. The number of nitrogens with zero attached hydrogens (tertiary/aromatic N) is 4. The zero-order valence-corrected chi connectivity index (χ0v) is 22.0. The first-order valence-electron chi connectivity index (χ1n) is 12.5. The number of hydrogen-bond acceptors (Lipinski definition) is 6. The molecular formula is C27H25ClN6O3S. The fourth-order valence-corrected chi connectivity index (χ4v) is 5.82. The number of aromatic nitrogens is 3. The Kier molecular flexibility index (Phi) is 6.43. The second-order valence-corrected chi connectivity index (χ2v) is 11.6. The van der Waals surface area contributed by atoms with E-state index in [0.29, 0.717) is 29.5 Å². The Labute approximate surface area is 225 Å². The van der Waals surface area contributed by atoms with Crippen molar-refractivity contribution in [1.82, 2.24) is 19.3 Å². The van der Waals surface area contributed by atoms with Gasteiger partial charge in [-0.05, 0) is 67.9 Å². The van der Waals surface area contributed by atoms with Gasteiger partial charge in [0, 0.05) is 42.1 Å². The molecule has 2 heterocycles. The van der Waals surface area contributed by atoms with Crippen molar-refractivity contribution in [2.24, 2.45) is 5.92 Å². The number of nitrogens with one attached hydrogen (secondary N) is 2. The third-order valence-corrected chi connectivity index (χ3v) is 8.34. The topological polar surface area (TPSA) is 122 Å². The van der Waals surface area contributed by atoms with Crippen molar-refractivity contribution in [2.45, 2.75) is 38.1 Å². The molecule has 0 saturated heterocycles. The summed E-state index contributed by atoms with van der Waals surface area (Å²) in [7, 11) is -3.64. The average Bonchev–Trinajstić information content (AvgIpc) is 3.66. The third-order valence-electron chi connectivity index (χ3n) is 7.03. The Balaban J connectivity index is 1.36. The Morgan fingerprint density at radius 1 is 1.08 bits per heavy atom. The van der Waals surface area contributed by atoms with E-state index in [1.54, 1.807) is 18.2 Å². The number of ether oxygens (including phenoxy) is 1. The van der Waals surface area contributed by atoms with Crippen molar-refractivity contribution < 1.29 is 13.2 Å². The smallest absolute Gasteiger partial charge is 0.299 e. The van der Waals surface area contributed by atoms with E-state index < -0.39 is 10.2 Å². The van der Waals surface area contributed by atoms with Gasteiger partial charge in [0.05, 0.1) is 16.8 Å². The van der Waals surface area contributed by atoms with Gasteiger partial charge in [-0.2, -0.15) is 18.4 Å². The van der Waals surface area contributed by atoms with E-state index in [1.807, 2.05) is 24.3 Å². The van der Waals surface area contributed by atoms with Crippen molar-refractivity contribution in [1.29, 1.82) is 5.26 Å². The molecule has 2 aromatic heterocycles. The van der Waals surface area contributed by atoms with Crippen LogP contribution in [0.2, 0.25) is 5.15 Å². The molecule has 194 valence electrons. The molecule has 0 amide bonds. The van der Waals surface area contributed by atoms with Crippen LogP contribution in [0.25, 0.3) is 22.2 Å². The summed E-state index contributed by atoms with van der Waals surface area (Å²) in [4.78, 5) is 8.16. The van der Waals surface area contributed by atoms with E-state index in [2.05, 4.69) is 30.0 Å². The average molecular weight is 549 g/mol. The number of rotatable bonds is 9. The molecule has 38 heavy (non-hydrogen) atoms. The highest BCUT2D eigenvalue weighted by Crippen LogP contribution is 2.44. The molecule has 2 fully saturated rings. The Hall–Kier alpha value is -3.65. The first-order chi connectivity index (χ1) is 18.4. The minimum atomic E-state index is -3.64. The fraction of sp³-hybridized carbons (Fsp3) is 0.296. The lowest BCUT2D eigenvalue weighted by Crippen LogP contribution is -2.31. The summed E-state index contributed by atoms with van der Waals surface area (Å²) < 4.78 is 38.1. The van der Waals surface area contributed by atoms with Gasteiger partial charge in [0.2, 0.25) is 0 Å². The second-order valence-electron chi connectivity index (χ2n) is 9.70. The molecule has 4 aromatic rings. The van der Waals surface area contributed by atoms with Crippen molar-refractivity contribution in [3.8, 4) is 29.0 Å². The maximum atomic E-state index is 12.4. The highest BCUT2D eigenvalue weighted by Gasteiger charge is 2.28. The molecule has 2 aromatic carbocycles. The van der Waals surface area contributed by atoms with Crippen LogP contribution >= 0.6 is 11.6 Å². The summed E-state index contributed by atoms with van der Waals surface area (Å²) in [6.45, 7) is 0.454. The molecule has 6 rings (SSSR count). The van der Waals surface area contributed by atoms with E-state index in [9.17, 15) is 13.7 Å². The zero-order chi connectivity index (χ0) is 26.3. The number of benzene rings is 2. The lowest BCUT2D eigenvalue weighted by molar-refractivity contribution is 0.324. The molecule has 2 saturated carbocycles. The Morgan fingerprint density at radius 2 is 1.84 bits per heavy atom. The van der Waals surface area contributed by atoms with Crippen LogP contribution < -0.4 is 14.2 Å². The molecule has 9 nitrogen and oxygen atoms in total. The maximum Gasteiger partial charge on any atom is 0.299 e. The number of fused-ring (bicyclic) bond motifs is 1. The minimum Gasteiger partial charge on any atom is -0.436 e. The summed E-state index contributed by atoms with van der Waals surface area (Å²) >= 11 is 6.13. The van der Waals surface area contributed by atoms with Gasteiger partial charge in [-0.25, -0.2) is 9.97 Å². The van der Waals surface area contributed by atoms with E-state index in [-0.39, 0.29) is 17.1 Å². The summed E-state index contributed by atoms with van der Waals surface area (Å²) in [6, 6.07) is 15.3. The predicted molar refractivity (Wildman–Crippen MR) is 145 cm³/mol. The van der Waals surface area contributed by atoms with Gasteiger partial charge in [-0.15, -0.1) is 0 Å². The number of hydrogen-bond donors (Lipinski definition) is 2.